The standard InChI is InChI=1S/C10H8N2S/c13-10-11-7-6-9(12-10)8-4-2-1-3-5-8/h1-7H,(H,11,12,13). The highest BCUT2D eigenvalue weighted by molar-refractivity contribution is 7.71. The first-order valence-corrected chi connectivity index (χ1v) is 4.38. The van der Waals surface area contributed by atoms with Gasteiger partial charge >= 0.3 is 0 Å². The summed E-state index contributed by atoms with van der Waals surface area (Å²) in [4.78, 5) is 7.05. The summed E-state index contributed by atoms with van der Waals surface area (Å²) in [7, 11) is 0. The van der Waals surface area contributed by atoms with Crippen LogP contribution in [0.3, 0.4) is 0 Å². The fraction of sp³-hybridized carbons (Fsp3) is 0. The zero-order valence-electron chi connectivity index (χ0n) is 6.90. The third kappa shape index (κ3) is 1.81. The van der Waals surface area contributed by atoms with Crippen LogP contribution in [-0.4, -0.2) is 9.97 Å². The molecular weight excluding hydrogens is 180 g/mol. The van der Waals surface area contributed by atoms with Crippen LogP contribution in [0, 0.1) is 4.77 Å². The topological polar surface area (TPSA) is 28.7 Å². The normalized spacial score (nSPS) is 9.85. The molecule has 64 valence electrons. The maximum absolute atomic E-state index is 4.93. The van der Waals surface area contributed by atoms with Crippen LogP contribution in [0.2, 0.25) is 0 Å². The van der Waals surface area contributed by atoms with E-state index in [0.717, 1.165) is 11.3 Å². The minimum absolute atomic E-state index is 0.515. The van der Waals surface area contributed by atoms with Crippen LogP contribution >= 0.6 is 12.2 Å². The Morgan fingerprint density at radius 1 is 1.08 bits per heavy atom. The Bertz CT molecular complexity index is 448. The van der Waals surface area contributed by atoms with E-state index in [1.807, 2.05) is 36.4 Å². The molecule has 2 rings (SSSR count). The van der Waals surface area contributed by atoms with Crippen molar-refractivity contribution in [3.8, 4) is 11.3 Å². The third-order valence-electron chi connectivity index (χ3n) is 1.74. The van der Waals surface area contributed by atoms with Gasteiger partial charge in [-0.15, -0.1) is 0 Å². The molecule has 0 aliphatic rings. The summed E-state index contributed by atoms with van der Waals surface area (Å²) < 4.78 is 0.515. The molecule has 0 aliphatic carbocycles. The van der Waals surface area contributed by atoms with Gasteiger partial charge in [0.25, 0.3) is 0 Å². The van der Waals surface area contributed by atoms with E-state index in [-0.39, 0.29) is 0 Å². The van der Waals surface area contributed by atoms with Crippen LogP contribution in [0.15, 0.2) is 42.6 Å². The van der Waals surface area contributed by atoms with Crippen LogP contribution in [0.4, 0.5) is 0 Å². The van der Waals surface area contributed by atoms with Gasteiger partial charge in [-0.2, -0.15) is 0 Å². The molecule has 13 heavy (non-hydrogen) atoms. The van der Waals surface area contributed by atoms with Crippen molar-refractivity contribution in [2.75, 3.05) is 0 Å². The molecule has 0 bridgehead atoms. The minimum atomic E-state index is 0.515. The maximum atomic E-state index is 4.93. The lowest BCUT2D eigenvalue weighted by molar-refractivity contribution is 1.14. The predicted octanol–water partition coefficient (Wildman–Crippen LogP) is 2.81. The molecular formula is C10H8N2S. The molecule has 1 aromatic heterocycles. The summed E-state index contributed by atoms with van der Waals surface area (Å²) in [5, 5.41) is 0. The van der Waals surface area contributed by atoms with Crippen LogP contribution < -0.4 is 0 Å². The van der Waals surface area contributed by atoms with Crippen molar-refractivity contribution >= 4 is 12.2 Å². The Kier molecular flexibility index (Phi) is 2.19. The van der Waals surface area contributed by atoms with Gasteiger partial charge in [0.2, 0.25) is 0 Å². The van der Waals surface area contributed by atoms with Crippen LogP contribution in [0.25, 0.3) is 11.3 Å². The van der Waals surface area contributed by atoms with E-state index < -0.39 is 0 Å². The Morgan fingerprint density at radius 3 is 2.54 bits per heavy atom. The highest BCUT2D eigenvalue weighted by atomic mass is 32.1. The van der Waals surface area contributed by atoms with Crippen molar-refractivity contribution in [2.45, 2.75) is 0 Å². The van der Waals surface area contributed by atoms with Crippen molar-refractivity contribution in [2.24, 2.45) is 0 Å². The molecule has 0 spiro atoms. The maximum Gasteiger partial charge on any atom is 0.197 e. The van der Waals surface area contributed by atoms with Gasteiger partial charge in [0.1, 0.15) is 0 Å². The van der Waals surface area contributed by atoms with E-state index in [9.17, 15) is 0 Å². The summed E-state index contributed by atoms with van der Waals surface area (Å²) in [5.74, 6) is 0. The molecule has 0 unspecified atom stereocenters. The highest BCUT2D eigenvalue weighted by Gasteiger charge is 1.95. The van der Waals surface area contributed by atoms with Crippen LogP contribution in [0.1, 0.15) is 0 Å². The van der Waals surface area contributed by atoms with E-state index in [0.29, 0.717) is 4.77 Å². The number of hydrogen-bond acceptors (Lipinski definition) is 2. The molecule has 0 atom stereocenters. The zero-order chi connectivity index (χ0) is 9.10. The molecule has 2 aromatic rings. The van der Waals surface area contributed by atoms with Crippen LogP contribution in [-0.2, 0) is 0 Å². The molecule has 0 fully saturated rings. The summed E-state index contributed by atoms with van der Waals surface area (Å²) >= 11 is 4.93. The second-order valence-corrected chi connectivity index (χ2v) is 3.03. The highest BCUT2D eigenvalue weighted by Crippen LogP contribution is 2.14. The van der Waals surface area contributed by atoms with Crippen molar-refractivity contribution in [3.63, 3.8) is 0 Å². The molecule has 1 aromatic carbocycles. The van der Waals surface area contributed by atoms with Gasteiger partial charge in [0.15, 0.2) is 4.77 Å². The predicted molar refractivity (Wildman–Crippen MR) is 54.9 cm³/mol. The monoisotopic (exact) mass is 188 g/mol. The number of nitrogens with zero attached hydrogens (tertiary/aromatic N) is 1. The Labute approximate surface area is 81.3 Å². The third-order valence-corrected chi connectivity index (χ3v) is 1.95. The number of hydrogen-bond donors (Lipinski definition) is 1. The Morgan fingerprint density at radius 2 is 1.85 bits per heavy atom. The molecule has 1 heterocycles. The van der Waals surface area contributed by atoms with Gasteiger partial charge in [0.05, 0.1) is 5.69 Å². The summed E-state index contributed by atoms with van der Waals surface area (Å²) in [6.07, 6.45) is 1.80. The van der Waals surface area contributed by atoms with Crippen molar-refractivity contribution in [3.05, 3.63) is 47.4 Å². The molecule has 0 saturated heterocycles. The van der Waals surface area contributed by atoms with Crippen molar-refractivity contribution < 1.29 is 0 Å². The van der Waals surface area contributed by atoms with Gasteiger partial charge in [-0.05, 0) is 18.3 Å². The van der Waals surface area contributed by atoms with Gasteiger partial charge in [-0.3, -0.25) is 0 Å². The lowest BCUT2D eigenvalue weighted by atomic mass is 10.1. The minimum Gasteiger partial charge on any atom is -0.337 e. The average molecular weight is 188 g/mol. The van der Waals surface area contributed by atoms with Crippen molar-refractivity contribution in [1.82, 2.24) is 9.97 Å². The molecule has 0 amide bonds. The molecule has 2 nitrogen and oxygen atoms in total. The number of benzene rings is 1. The fourth-order valence-corrected chi connectivity index (χ4v) is 1.31. The van der Waals surface area contributed by atoms with Crippen LogP contribution in [0.5, 0.6) is 0 Å². The first-order valence-electron chi connectivity index (χ1n) is 3.97. The first kappa shape index (κ1) is 8.13. The second kappa shape index (κ2) is 3.49. The number of rotatable bonds is 1. The molecule has 0 aliphatic heterocycles. The van der Waals surface area contributed by atoms with E-state index in [1.54, 1.807) is 6.20 Å². The van der Waals surface area contributed by atoms with Crippen molar-refractivity contribution in [1.29, 1.82) is 0 Å². The molecule has 0 saturated carbocycles. The molecule has 0 radical (unpaired) electrons. The number of aromatic nitrogens is 2. The number of nitrogens with one attached hydrogen (secondary N) is 1. The lowest BCUT2D eigenvalue weighted by Gasteiger charge is -1.97. The number of aromatic amines is 1. The largest absolute Gasteiger partial charge is 0.337 e. The quantitative estimate of drug-likeness (QED) is 0.697. The van der Waals surface area contributed by atoms with E-state index in [1.165, 1.54) is 0 Å². The Balaban J connectivity index is 2.54. The van der Waals surface area contributed by atoms with Gasteiger partial charge < -0.3 is 4.98 Å². The average Bonchev–Trinajstić information content (AvgIpc) is 2.19. The van der Waals surface area contributed by atoms with E-state index in [2.05, 4.69) is 9.97 Å². The fourth-order valence-electron chi connectivity index (χ4n) is 1.14. The Hall–Kier alpha value is -1.48. The molecule has 3 heteroatoms. The second-order valence-electron chi connectivity index (χ2n) is 2.65. The lowest BCUT2D eigenvalue weighted by Crippen LogP contribution is -1.84. The van der Waals surface area contributed by atoms with E-state index in [4.69, 9.17) is 12.2 Å². The summed E-state index contributed by atoms with van der Waals surface area (Å²) in [5.41, 5.74) is 1.99. The first-order chi connectivity index (χ1) is 6.36. The van der Waals surface area contributed by atoms with Gasteiger partial charge in [-0.1, -0.05) is 30.3 Å². The van der Waals surface area contributed by atoms with E-state index >= 15 is 0 Å². The summed E-state index contributed by atoms with van der Waals surface area (Å²) in [6.45, 7) is 0. The number of H-pyrrole nitrogens is 1. The van der Waals surface area contributed by atoms with Gasteiger partial charge in [0, 0.05) is 11.8 Å². The summed E-state index contributed by atoms with van der Waals surface area (Å²) in [6, 6.07) is 11.9. The SMILES string of the molecule is S=c1nc(-c2ccccc2)cc[nH]1. The van der Waals surface area contributed by atoms with Gasteiger partial charge in [-0.25, -0.2) is 4.98 Å². The zero-order valence-corrected chi connectivity index (χ0v) is 7.71. The smallest absolute Gasteiger partial charge is 0.197 e. The molecule has 1 N–H and O–H groups in total.